The van der Waals surface area contributed by atoms with Crippen LogP contribution in [0.3, 0.4) is 0 Å². The van der Waals surface area contributed by atoms with Crippen LogP contribution in [0.15, 0.2) is 29.4 Å². The van der Waals surface area contributed by atoms with Gasteiger partial charge >= 0.3 is 5.97 Å². The topological polar surface area (TPSA) is 60.4 Å². The van der Waals surface area contributed by atoms with Crippen molar-refractivity contribution in [3.05, 3.63) is 35.6 Å². The molecule has 4 rings (SSSR count). The standard InChI is InChI=1S/C23H31FN2O4/c1-2-29-22(27)23(9-3-10-26(16-23)14-17-8-11-28-15-17)13-20-12-21(25-30-20)18-4-6-19(24)7-5-18/h4-7,17,20H,2-3,8-16H2,1H3/t17-,20+,23+/m1/s1. The molecule has 0 bridgehead atoms. The SMILES string of the molecule is CCOC(=O)[C@]1(C[C@@H]2CC(c3ccc(F)cc3)=NO2)CCCN(C[C@H]2CCOC2)C1. The van der Waals surface area contributed by atoms with E-state index in [1.54, 1.807) is 12.1 Å². The van der Waals surface area contributed by atoms with Gasteiger partial charge in [0, 0.05) is 32.5 Å². The van der Waals surface area contributed by atoms with Crippen molar-refractivity contribution in [2.45, 2.75) is 45.1 Å². The molecule has 0 unspecified atom stereocenters. The number of piperidine rings is 1. The quantitative estimate of drug-likeness (QED) is 0.636. The molecular formula is C23H31FN2O4. The van der Waals surface area contributed by atoms with Crippen LogP contribution in [0.5, 0.6) is 0 Å². The lowest BCUT2D eigenvalue weighted by atomic mass is 9.74. The van der Waals surface area contributed by atoms with Crippen LogP contribution in [0, 0.1) is 17.2 Å². The lowest BCUT2D eigenvalue weighted by molar-refractivity contribution is -0.162. The van der Waals surface area contributed by atoms with Crippen molar-refractivity contribution in [1.29, 1.82) is 0 Å². The van der Waals surface area contributed by atoms with E-state index in [1.807, 2.05) is 6.92 Å². The highest BCUT2D eigenvalue weighted by molar-refractivity contribution is 6.01. The minimum atomic E-state index is -0.577. The minimum Gasteiger partial charge on any atom is -0.466 e. The number of benzene rings is 1. The molecule has 3 aliphatic rings. The molecule has 164 valence electrons. The molecule has 1 aromatic carbocycles. The Hall–Kier alpha value is -1.99. The highest BCUT2D eigenvalue weighted by Gasteiger charge is 2.47. The van der Waals surface area contributed by atoms with Gasteiger partial charge in [-0.25, -0.2) is 4.39 Å². The summed E-state index contributed by atoms with van der Waals surface area (Å²) in [5, 5.41) is 4.23. The fourth-order valence-corrected chi connectivity index (χ4v) is 4.96. The third kappa shape index (κ3) is 4.83. The Balaban J connectivity index is 1.43. The fraction of sp³-hybridized carbons (Fsp3) is 0.652. The second kappa shape index (κ2) is 9.43. The first kappa shape index (κ1) is 21.2. The van der Waals surface area contributed by atoms with Gasteiger partial charge in [0.2, 0.25) is 0 Å². The number of oxime groups is 1. The number of nitrogens with zero attached hydrogens (tertiary/aromatic N) is 2. The lowest BCUT2D eigenvalue weighted by Gasteiger charge is -2.42. The first-order valence-corrected chi connectivity index (χ1v) is 11.0. The van der Waals surface area contributed by atoms with E-state index in [0.29, 0.717) is 31.9 Å². The zero-order valence-electron chi connectivity index (χ0n) is 17.6. The molecule has 3 atom stereocenters. The number of ether oxygens (including phenoxy) is 2. The molecule has 0 N–H and O–H groups in total. The molecular weight excluding hydrogens is 387 g/mol. The number of rotatable bonds is 7. The van der Waals surface area contributed by atoms with Crippen LogP contribution in [0.2, 0.25) is 0 Å². The van der Waals surface area contributed by atoms with Gasteiger partial charge in [-0.2, -0.15) is 0 Å². The maximum absolute atomic E-state index is 13.2. The smallest absolute Gasteiger partial charge is 0.313 e. The van der Waals surface area contributed by atoms with Crippen molar-refractivity contribution >= 4 is 11.7 Å². The Labute approximate surface area is 177 Å². The van der Waals surface area contributed by atoms with Crippen LogP contribution < -0.4 is 0 Å². The molecule has 0 aliphatic carbocycles. The summed E-state index contributed by atoms with van der Waals surface area (Å²) < 4.78 is 24.3. The van der Waals surface area contributed by atoms with Crippen LogP contribution in [-0.4, -0.2) is 62.1 Å². The van der Waals surface area contributed by atoms with E-state index in [1.165, 1.54) is 12.1 Å². The van der Waals surface area contributed by atoms with E-state index in [-0.39, 0.29) is 17.9 Å². The summed E-state index contributed by atoms with van der Waals surface area (Å²) >= 11 is 0. The predicted molar refractivity (Wildman–Crippen MR) is 111 cm³/mol. The number of esters is 1. The first-order valence-electron chi connectivity index (χ1n) is 11.0. The van der Waals surface area contributed by atoms with Gasteiger partial charge in [-0.05, 0) is 56.3 Å². The van der Waals surface area contributed by atoms with Crippen LogP contribution in [0.25, 0.3) is 0 Å². The zero-order chi connectivity index (χ0) is 21.0. The molecule has 0 aromatic heterocycles. The highest BCUT2D eigenvalue weighted by atomic mass is 19.1. The number of hydrogen-bond acceptors (Lipinski definition) is 6. The van der Waals surface area contributed by atoms with E-state index in [2.05, 4.69) is 10.1 Å². The highest BCUT2D eigenvalue weighted by Crippen LogP contribution is 2.39. The van der Waals surface area contributed by atoms with Gasteiger partial charge in [-0.1, -0.05) is 17.3 Å². The molecule has 3 heterocycles. The summed E-state index contributed by atoms with van der Waals surface area (Å²) in [6.45, 7) is 6.52. The zero-order valence-corrected chi connectivity index (χ0v) is 17.6. The number of carbonyl (C=O) groups excluding carboxylic acids is 1. The summed E-state index contributed by atoms with van der Waals surface area (Å²) in [7, 11) is 0. The van der Waals surface area contributed by atoms with Crippen LogP contribution in [-0.2, 0) is 19.1 Å². The normalized spacial score (nSPS) is 29.5. The molecule has 0 spiro atoms. The van der Waals surface area contributed by atoms with Gasteiger partial charge in [0.15, 0.2) is 0 Å². The van der Waals surface area contributed by atoms with Gasteiger partial charge < -0.3 is 19.2 Å². The van der Waals surface area contributed by atoms with Crippen molar-refractivity contribution in [2.24, 2.45) is 16.5 Å². The molecule has 7 heteroatoms. The van der Waals surface area contributed by atoms with Crippen LogP contribution in [0.4, 0.5) is 4.39 Å². The van der Waals surface area contributed by atoms with Crippen molar-refractivity contribution in [2.75, 3.05) is 39.5 Å². The largest absolute Gasteiger partial charge is 0.466 e. The molecule has 2 fully saturated rings. The molecule has 0 amide bonds. The Morgan fingerprint density at radius 3 is 2.93 bits per heavy atom. The molecule has 3 aliphatic heterocycles. The third-order valence-corrected chi connectivity index (χ3v) is 6.43. The van der Waals surface area contributed by atoms with E-state index in [4.69, 9.17) is 14.3 Å². The number of likely N-dealkylation sites (tertiary alicyclic amines) is 1. The number of carbonyl (C=O) groups is 1. The van der Waals surface area contributed by atoms with Crippen molar-refractivity contribution < 1.29 is 23.5 Å². The number of hydrogen-bond donors (Lipinski definition) is 0. The molecule has 2 saturated heterocycles. The fourth-order valence-electron chi connectivity index (χ4n) is 4.96. The van der Waals surface area contributed by atoms with Gasteiger partial charge in [-0.3, -0.25) is 4.79 Å². The predicted octanol–water partition coefficient (Wildman–Crippen LogP) is 3.39. The van der Waals surface area contributed by atoms with Gasteiger partial charge in [0.1, 0.15) is 11.9 Å². The van der Waals surface area contributed by atoms with Gasteiger partial charge in [0.05, 0.1) is 24.3 Å². The van der Waals surface area contributed by atoms with Gasteiger partial charge in [0.25, 0.3) is 0 Å². The monoisotopic (exact) mass is 418 g/mol. The third-order valence-electron chi connectivity index (χ3n) is 6.43. The van der Waals surface area contributed by atoms with E-state index in [0.717, 1.165) is 56.8 Å². The van der Waals surface area contributed by atoms with Crippen LogP contribution in [0.1, 0.15) is 44.6 Å². The molecule has 0 radical (unpaired) electrons. The summed E-state index contributed by atoms with van der Waals surface area (Å²) in [6, 6.07) is 6.29. The van der Waals surface area contributed by atoms with E-state index >= 15 is 0 Å². The number of halogens is 1. The van der Waals surface area contributed by atoms with Crippen LogP contribution >= 0.6 is 0 Å². The Morgan fingerprint density at radius 1 is 1.37 bits per heavy atom. The lowest BCUT2D eigenvalue weighted by Crippen LogP contribution is -2.51. The maximum Gasteiger partial charge on any atom is 0.313 e. The molecule has 1 aromatic rings. The molecule has 6 nitrogen and oxygen atoms in total. The molecule has 0 saturated carbocycles. The van der Waals surface area contributed by atoms with Crippen molar-refractivity contribution in [3.8, 4) is 0 Å². The maximum atomic E-state index is 13.2. The summed E-state index contributed by atoms with van der Waals surface area (Å²) in [6.07, 6.45) is 3.87. The summed E-state index contributed by atoms with van der Waals surface area (Å²) in [5.74, 6) is 0.140. The first-order chi connectivity index (χ1) is 14.6. The minimum absolute atomic E-state index is 0.129. The summed E-state index contributed by atoms with van der Waals surface area (Å²) in [5.41, 5.74) is 1.08. The van der Waals surface area contributed by atoms with Crippen molar-refractivity contribution in [3.63, 3.8) is 0 Å². The van der Waals surface area contributed by atoms with Crippen molar-refractivity contribution in [1.82, 2.24) is 4.90 Å². The Morgan fingerprint density at radius 2 is 2.20 bits per heavy atom. The van der Waals surface area contributed by atoms with E-state index in [9.17, 15) is 9.18 Å². The summed E-state index contributed by atoms with van der Waals surface area (Å²) in [4.78, 5) is 21.2. The second-order valence-corrected chi connectivity index (χ2v) is 8.75. The average Bonchev–Trinajstić information content (AvgIpc) is 3.41. The second-order valence-electron chi connectivity index (χ2n) is 8.75. The Bertz CT molecular complexity index is 763. The van der Waals surface area contributed by atoms with Gasteiger partial charge in [-0.15, -0.1) is 0 Å². The Kier molecular flexibility index (Phi) is 6.68. The molecule has 30 heavy (non-hydrogen) atoms. The average molecular weight is 419 g/mol. The van der Waals surface area contributed by atoms with E-state index < -0.39 is 5.41 Å².